The highest BCUT2D eigenvalue weighted by Crippen LogP contribution is 2.29. The zero-order valence-electron chi connectivity index (χ0n) is 11.9. The molecule has 1 heterocycles. The van der Waals surface area contributed by atoms with Crippen molar-refractivity contribution in [1.82, 2.24) is 20.1 Å². The van der Waals surface area contributed by atoms with Gasteiger partial charge in [0.05, 0.1) is 0 Å². The lowest BCUT2D eigenvalue weighted by Crippen LogP contribution is -2.26. The van der Waals surface area contributed by atoms with E-state index in [2.05, 4.69) is 40.9 Å². The Morgan fingerprint density at radius 1 is 1.22 bits per heavy atom. The van der Waals surface area contributed by atoms with Crippen LogP contribution in [0, 0.1) is 6.92 Å². The molecular weight excluding hydrogens is 224 g/mol. The van der Waals surface area contributed by atoms with E-state index in [9.17, 15) is 0 Å². The van der Waals surface area contributed by atoms with Crippen LogP contribution in [0.15, 0.2) is 0 Å². The van der Waals surface area contributed by atoms with Gasteiger partial charge in [-0.15, -0.1) is 10.2 Å². The summed E-state index contributed by atoms with van der Waals surface area (Å²) >= 11 is 0. The molecular formula is C14H26N4. The molecule has 1 N–H and O–H groups in total. The maximum Gasteiger partial charge on any atom is 0.134 e. The van der Waals surface area contributed by atoms with Crippen LogP contribution in [0.5, 0.6) is 0 Å². The Morgan fingerprint density at radius 3 is 2.61 bits per heavy atom. The van der Waals surface area contributed by atoms with Crippen molar-refractivity contribution in [3.05, 3.63) is 11.6 Å². The standard InChI is InChI=1S/C14H26N4/c1-11(2)15-10-9-14-17-16-12(3)18(14)13-7-5-4-6-8-13/h11,13,15H,4-10H2,1-3H3. The van der Waals surface area contributed by atoms with E-state index in [0.717, 1.165) is 24.6 Å². The van der Waals surface area contributed by atoms with Gasteiger partial charge in [0.2, 0.25) is 0 Å². The van der Waals surface area contributed by atoms with Crippen molar-refractivity contribution in [3.8, 4) is 0 Å². The maximum atomic E-state index is 4.36. The highest BCUT2D eigenvalue weighted by Gasteiger charge is 2.20. The molecule has 4 heteroatoms. The molecule has 0 unspecified atom stereocenters. The largest absolute Gasteiger partial charge is 0.314 e. The van der Waals surface area contributed by atoms with Crippen LogP contribution in [0.2, 0.25) is 0 Å². The fraction of sp³-hybridized carbons (Fsp3) is 0.857. The van der Waals surface area contributed by atoms with Gasteiger partial charge in [-0.25, -0.2) is 0 Å². The number of hydrogen-bond donors (Lipinski definition) is 1. The number of hydrogen-bond acceptors (Lipinski definition) is 3. The molecule has 0 aromatic carbocycles. The van der Waals surface area contributed by atoms with Crippen molar-refractivity contribution in [2.24, 2.45) is 0 Å². The summed E-state index contributed by atoms with van der Waals surface area (Å²) in [7, 11) is 0. The highest BCUT2D eigenvalue weighted by molar-refractivity contribution is 4.98. The first-order valence-electron chi connectivity index (χ1n) is 7.32. The lowest BCUT2D eigenvalue weighted by molar-refractivity contribution is 0.340. The molecule has 0 radical (unpaired) electrons. The first kappa shape index (κ1) is 13.5. The predicted molar refractivity (Wildman–Crippen MR) is 73.7 cm³/mol. The molecule has 0 saturated heterocycles. The van der Waals surface area contributed by atoms with E-state index in [1.807, 2.05) is 0 Å². The molecule has 0 aliphatic heterocycles. The molecule has 2 rings (SSSR count). The SMILES string of the molecule is Cc1nnc(CCNC(C)C)n1C1CCCCC1. The Labute approximate surface area is 110 Å². The molecule has 1 fully saturated rings. The van der Waals surface area contributed by atoms with Crippen LogP contribution in [0.4, 0.5) is 0 Å². The lowest BCUT2D eigenvalue weighted by Gasteiger charge is -2.25. The number of nitrogens with zero attached hydrogens (tertiary/aromatic N) is 3. The van der Waals surface area contributed by atoms with Gasteiger partial charge in [0.15, 0.2) is 0 Å². The molecule has 4 nitrogen and oxygen atoms in total. The average Bonchev–Trinajstić information content (AvgIpc) is 2.71. The van der Waals surface area contributed by atoms with E-state index in [0.29, 0.717) is 12.1 Å². The van der Waals surface area contributed by atoms with Crippen molar-refractivity contribution in [2.45, 2.75) is 71.4 Å². The van der Waals surface area contributed by atoms with Gasteiger partial charge < -0.3 is 9.88 Å². The molecule has 1 aromatic heterocycles. The molecule has 1 aromatic rings. The first-order valence-corrected chi connectivity index (χ1v) is 7.32. The summed E-state index contributed by atoms with van der Waals surface area (Å²) in [5, 5.41) is 12.1. The molecule has 0 bridgehead atoms. The Bertz CT molecular complexity index is 364. The van der Waals surface area contributed by atoms with Crippen LogP contribution in [-0.2, 0) is 6.42 Å². The lowest BCUT2D eigenvalue weighted by atomic mass is 9.95. The van der Waals surface area contributed by atoms with Crippen molar-refractivity contribution >= 4 is 0 Å². The maximum absolute atomic E-state index is 4.36. The summed E-state index contributed by atoms with van der Waals surface area (Å²) < 4.78 is 2.39. The Hall–Kier alpha value is -0.900. The molecule has 1 aliphatic rings. The number of nitrogens with one attached hydrogen (secondary N) is 1. The molecule has 0 atom stereocenters. The quantitative estimate of drug-likeness (QED) is 0.873. The van der Waals surface area contributed by atoms with E-state index in [4.69, 9.17) is 0 Å². The third kappa shape index (κ3) is 3.31. The monoisotopic (exact) mass is 250 g/mol. The zero-order valence-corrected chi connectivity index (χ0v) is 11.9. The van der Waals surface area contributed by atoms with Crippen molar-refractivity contribution in [1.29, 1.82) is 0 Å². The molecule has 0 amide bonds. The van der Waals surface area contributed by atoms with Gasteiger partial charge in [0, 0.05) is 25.0 Å². The second-order valence-electron chi connectivity index (χ2n) is 5.68. The Morgan fingerprint density at radius 2 is 1.94 bits per heavy atom. The van der Waals surface area contributed by atoms with Crippen LogP contribution in [0.3, 0.4) is 0 Å². The number of aromatic nitrogens is 3. The van der Waals surface area contributed by atoms with Crippen molar-refractivity contribution in [3.63, 3.8) is 0 Å². The summed E-state index contributed by atoms with van der Waals surface area (Å²) in [6.07, 6.45) is 7.67. The van der Waals surface area contributed by atoms with E-state index in [-0.39, 0.29) is 0 Å². The molecule has 1 aliphatic carbocycles. The fourth-order valence-corrected chi connectivity index (χ4v) is 2.87. The highest BCUT2D eigenvalue weighted by atomic mass is 15.3. The van der Waals surface area contributed by atoms with Gasteiger partial charge in [0.1, 0.15) is 11.6 Å². The topological polar surface area (TPSA) is 42.7 Å². The molecule has 0 spiro atoms. The van der Waals surface area contributed by atoms with Crippen LogP contribution in [0.1, 0.15) is 63.6 Å². The van der Waals surface area contributed by atoms with Gasteiger partial charge in [-0.3, -0.25) is 0 Å². The van der Waals surface area contributed by atoms with Crippen LogP contribution in [-0.4, -0.2) is 27.4 Å². The summed E-state index contributed by atoms with van der Waals surface area (Å²) in [6.45, 7) is 7.43. The van der Waals surface area contributed by atoms with E-state index < -0.39 is 0 Å². The van der Waals surface area contributed by atoms with E-state index >= 15 is 0 Å². The van der Waals surface area contributed by atoms with Gasteiger partial charge >= 0.3 is 0 Å². The van der Waals surface area contributed by atoms with Gasteiger partial charge in [-0.05, 0) is 19.8 Å². The van der Waals surface area contributed by atoms with Gasteiger partial charge in [-0.1, -0.05) is 33.1 Å². The number of rotatable bonds is 5. The second kappa shape index (κ2) is 6.32. The van der Waals surface area contributed by atoms with E-state index in [1.54, 1.807) is 0 Å². The third-order valence-electron chi connectivity index (χ3n) is 3.78. The summed E-state index contributed by atoms with van der Waals surface area (Å²) in [5.41, 5.74) is 0. The minimum absolute atomic E-state index is 0.539. The minimum atomic E-state index is 0.539. The second-order valence-corrected chi connectivity index (χ2v) is 5.68. The third-order valence-corrected chi connectivity index (χ3v) is 3.78. The molecule has 102 valence electrons. The molecule has 18 heavy (non-hydrogen) atoms. The Balaban J connectivity index is 2.01. The van der Waals surface area contributed by atoms with E-state index in [1.165, 1.54) is 32.1 Å². The zero-order chi connectivity index (χ0) is 13.0. The minimum Gasteiger partial charge on any atom is -0.314 e. The first-order chi connectivity index (χ1) is 8.68. The Kier molecular flexibility index (Phi) is 4.75. The van der Waals surface area contributed by atoms with Crippen molar-refractivity contribution < 1.29 is 0 Å². The average molecular weight is 250 g/mol. The van der Waals surface area contributed by atoms with Crippen molar-refractivity contribution in [2.75, 3.05) is 6.54 Å². The molecule has 1 saturated carbocycles. The summed E-state index contributed by atoms with van der Waals surface area (Å²) in [6, 6.07) is 1.18. The smallest absolute Gasteiger partial charge is 0.134 e. The summed E-state index contributed by atoms with van der Waals surface area (Å²) in [4.78, 5) is 0. The summed E-state index contributed by atoms with van der Waals surface area (Å²) in [5.74, 6) is 2.24. The van der Waals surface area contributed by atoms with Crippen LogP contribution in [0.25, 0.3) is 0 Å². The van der Waals surface area contributed by atoms with Crippen LogP contribution >= 0.6 is 0 Å². The van der Waals surface area contributed by atoms with Crippen LogP contribution < -0.4 is 5.32 Å². The number of aryl methyl sites for hydroxylation is 1. The fourth-order valence-electron chi connectivity index (χ4n) is 2.87. The van der Waals surface area contributed by atoms with Gasteiger partial charge in [-0.2, -0.15) is 0 Å². The normalized spacial score (nSPS) is 17.6. The van der Waals surface area contributed by atoms with Gasteiger partial charge in [0.25, 0.3) is 0 Å². The predicted octanol–water partition coefficient (Wildman–Crippen LogP) is 2.63.